The highest BCUT2D eigenvalue weighted by atomic mass is 35.5. The van der Waals surface area contributed by atoms with Crippen LogP contribution in [0.3, 0.4) is 0 Å². The molecule has 8 heteroatoms. The molecule has 2 aromatic carbocycles. The number of rotatable bonds is 13. The van der Waals surface area contributed by atoms with Gasteiger partial charge in [0.15, 0.2) is 0 Å². The molecule has 0 radical (unpaired) electrons. The van der Waals surface area contributed by atoms with Gasteiger partial charge in [-0.2, -0.15) is 5.26 Å². The molecule has 0 spiro atoms. The number of esters is 2. The smallest absolute Gasteiger partial charge is 0.311 e. The van der Waals surface area contributed by atoms with Crippen molar-refractivity contribution in [2.45, 2.75) is 85.3 Å². The molecule has 1 atom stereocenters. The third-order valence-corrected chi connectivity index (χ3v) is 7.14. The van der Waals surface area contributed by atoms with E-state index in [1.807, 2.05) is 26.8 Å². The van der Waals surface area contributed by atoms with E-state index in [0.717, 1.165) is 24.8 Å². The molecule has 0 bridgehead atoms. The Morgan fingerprint density at radius 2 is 1.73 bits per heavy atom. The average molecular weight is 585 g/mol. The number of nitrogens with one attached hydrogen (secondary N) is 1. The molecule has 1 unspecified atom stereocenters. The Hall–Kier alpha value is -3.08. The molecule has 224 valence electrons. The first-order valence-corrected chi connectivity index (χ1v) is 14.2. The van der Waals surface area contributed by atoms with Gasteiger partial charge in [-0.15, -0.1) is 12.4 Å². The van der Waals surface area contributed by atoms with Gasteiger partial charge in [-0.1, -0.05) is 30.3 Å². The van der Waals surface area contributed by atoms with E-state index in [4.69, 9.17) is 14.2 Å². The SMILES string of the molecule is CCOC(=O)CCc1ccc(C#N)c(OCC(CNC(C)(C)CC2Cc3ccccc3C2)OC(=O)C(C)(C)C)c1.Cl. The van der Waals surface area contributed by atoms with Crippen molar-refractivity contribution < 1.29 is 23.8 Å². The summed E-state index contributed by atoms with van der Waals surface area (Å²) in [6, 6.07) is 16.1. The summed E-state index contributed by atoms with van der Waals surface area (Å²) in [5.74, 6) is 0.389. The Balaban J connectivity index is 0.00000588. The number of halogens is 1. The van der Waals surface area contributed by atoms with Crippen LogP contribution in [0.2, 0.25) is 0 Å². The first-order chi connectivity index (χ1) is 18.9. The molecule has 3 rings (SSSR count). The fraction of sp³-hybridized carbons (Fsp3) is 0.545. The van der Waals surface area contributed by atoms with Crippen molar-refractivity contribution in [2.75, 3.05) is 19.8 Å². The van der Waals surface area contributed by atoms with E-state index in [1.165, 1.54) is 11.1 Å². The summed E-state index contributed by atoms with van der Waals surface area (Å²) in [6.45, 7) is 12.5. The molecule has 0 saturated carbocycles. The molecule has 1 aliphatic carbocycles. The molecule has 0 saturated heterocycles. The maximum Gasteiger partial charge on any atom is 0.311 e. The van der Waals surface area contributed by atoms with E-state index in [1.54, 1.807) is 19.1 Å². The predicted molar refractivity (Wildman–Crippen MR) is 162 cm³/mol. The maximum atomic E-state index is 12.8. The summed E-state index contributed by atoms with van der Waals surface area (Å²) in [4.78, 5) is 24.6. The number of fused-ring (bicyclic) bond motifs is 1. The number of nitriles is 1. The van der Waals surface area contributed by atoms with Gasteiger partial charge in [-0.05, 0) is 102 Å². The van der Waals surface area contributed by atoms with Gasteiger partial charge in [0.05, 0.1) is 17.6 Å². The highest BCUT2D eigenvalue weighted by Crippen LogP contribution is 2.32. The number of nitrogens with zero attached hydrogens (tertiary/aromatic N) is 1. The van der Waals surface area contributed by atoms with Gasteiger partial charge >= 0.3 is 11.9 Å². The van der Waals surface area contributed by atoms with E-state index >= 15 is 0 Å². The zero-order valence-electron chi connectivity index (χ0n) is 25.2. The second kappa shape index (κ2) is 15.2. The zero-order chi connectivity index (χ0) is 29.3. The van der Waals surface area contributed by atoms with Crippen LogP contribution in [0.4, 0.5) is 0 Å². The fourth-order valence-electron chi connectivity index (χ4n) is 5.04. The Bertz CT molecular complexity index is 1190. The average Bonchev–Trinajstić information content (AvgIpc) is 3.30. The highest BCUT2D eigenvalue weighted by molar-refractivity contribution is 5.85. The van der Waals surface area contributed by atoms with Crippen LogP contribution in [0, 0.1) is 22.7 Å². The van der Waals surface area contributed by atoms with Crippen LogP contribution in [-0.2, 0) is 38.3 Å². The van der Waals surface area contributed by atoms with Crippen molar-refractivity contribution in [3.05, 3.63) is 64.7 Å². The lowest BCUT2D eigenvalue weighted by atomic mass is 9.88. The topological polar surface area (TPSA) is 97.7 Å². The first kappa shape index (κ1) is 34.1. The summed E-state index contributed by atoms with van der Waals surface area (Å²) in [5.41, 5.74) is 3.29. The second-order valence-electron chi connectivity index (χ2n) is 12.3. The second-order valence-corrected chi connectivity index (χ2v) is 12.3. The van der Waals surface area contributed by atoms with E-state index in [2.05, 4.69) is 49.5 Å². The summed E-state index contributed by atoms with van der Waals surface area (Å²) >= 11 is 0. The van der Waals surface area contributed by atoms with Gasteiger partial charge < -0.3 is 19.5 Å². The van der Waals surface area contributed by atoms with Crippen LogP contribution < -0.4 is 10.1 Å². The van der Waals surface area contributed by atoms with Crippen LogP contribution >= 0.6 is 12.4 Å². The summed E-state index contributed by atoms with van der Waals surface area (Å²) < 4.78 is 17.0. The first-order valence-electron chi connectivity index (χ1n) is 14.2. The third-order valence-electron chi connectivity index (χ3n) is 7.14. The van der Waals surface area contributed by atoms with E-state index in [-0.39, 0.29) is 42.9 Å². The Labute approximate surface area is 251 Å². The van der Waals surface area contributed by atoms with Gasteiger partial charge in [-0.3, -0.25) is 9.59 Å². The molecule has 7 nitrogen and oxygen atoms in total. The molecule has 0 amide bonds. The number of benzene rings is 2. The van der Waals surface area contributed by atoms with Crippen LogP contribution in [0.15, 0.2) is 42.5 Å². The molecular formula is C33H45ClN2O5. The minimum atomic E-state index is -0.659. The van der Waals surface area contributed by atoms with Gasteiger partial charge in [-0.25, -0.2) is 0 Å². The van der Waals surface area contributed by atoms with Crippen LogP contribution in [-0.4, -0.2) is 43.3 Å². The summed E-state index contributed by atoms with van der Waals surface area (Å²) in [7, 11) is 0. The summed E-state index contributed by atoms with van der Waals surface area (Å²) in [5, 5.41) is 13.2. The maximum absolute atomic E-state index is 12.8. The van der Waals surface area contributed by atoms with E-state index in [9.17, 15) is 14.9 Å². The molecule has 1 N–H and O–H groups in total. The fourth-order valence-corrected chi connectivity index (χ4v) is 5.04. The Morgan fingerprint density at radius 1 is 1.07 bits per heavy atom. The van der Waals surface area contributed by atoms with Crippen LogP contribution in [0.5, 0.6) is 5.75 Å². The van der Waals surface area contributed by atoms with Crippen molar-refractivity contribution in [3.63, 3.8) is 0 Å². The molecule has 0 aromatic heterocycles. The lowest BCUT2D eigenvalue weighted by Crippen LogP contribution is -2.47. The molecule has 0 aliphatic heterocycles. The minimum absolute atomic E-state index is 0. The third kappa shape index (κ3) is 10.7. The normalized spacial score (nSPS) is 13.9. The Morgan fingerprint density at radius 3 is 2.32 bits per heavy atom. The van der Waals surface area contributed by atoms with Crippen LogP contribution in [0.1, 0.15) is 76.6 Å². The molecule has 41 heavy (non-hydrogen) atoms. The highest BCUT2D eigenvalue weighted by Gasteiger charge is 2.31. The van der Waals surface area contributed by atoms with Crippen molar-refractivity contribution in [3.8, 4) is 11.8 Å². The van der Waals surface area contributed by atoms with Gasteiger partial charge in [0.25, 0.3) is 0 Å². The van der Waals surface area contributed by atoms with Crippen LogP contribution in [0.25, 0.3) is 0 Å². The monoisotopic (exact) mass is 584 g/mol. The zero-order valence-corrected chi connectivity index (χ0v) is 26.1. The number of carbonyl (C=O) groups excluding carboxylic acids is 2. The quantitative estimate of drug-likeness (QED) is 0.289. The summed E-state index contributed by atoms with van der Waals surface area (Å²) in [6.07, 6.45) is 3.32. The molecule has 0 fully saturated rings. The molecule has 1 aliphatic rings. The number of aryl methyl sites for hydroxylation is 1. The Kier molecular flexibility index (Phi) is 12.7. The van der Waals surface area contributed by atoms with Gasteiger partial charge in [0, 0.05) is 18.5 Å². The minimum Gasteiger partial charge on any atom is -0.488 e. The molecule has 2 aromatic rings. The molecule has 0 heterocycles. The lowest BCUT2D eigenvalue weighted by Gasteiger charge is -2.32. The number of hydrogen-bond donors (Lipinski definition) is 1. The number of ether oxygens (including phenoxy) is 3. The van der Waals surface area contributed by atoms with Crippen molar-refractivity contribution in [1.29, 1.82) is 5.26 Å². The van der Waals surface area contributed by atoms with Crippen molar-refractivity contribution >= 4 is 24.3 Å². The number of hydrogen-bond acceptors (Lipinski definition) is 7. The number of carbonyl (C=O) groups is 2. The standard InChI is InChI=1S/C33H44N2O5.ClH/c1-7-38-30(36)15-13-23-12-14-27(20-34)29(18-23)39-22-28(40-31(37)32(2,3)4)21-35-33(5,6)19-24-16-25-10-8-9-11-26(25)17-24;/h8-12,14,18,24,28,35H,7,13,15-17,19,21-22H2,1-6H3;1H. The van der Waals surface area contributed by atoms with Gasteiger partial charge in [0.1, 0.15) is 24.5 Å². The van der Waals surface area contributed by atoms with Gasteiger partial charge in [0.2, 0.25) is 0 Å². The van der Waals surface area contributed by atoms with E-state index in [0.29, 0.717) is 36.8 Å². The predicted octanol–water partition coefficient (Wildman–Crippen LogP) is 5.99. The molecular weight excluding hydrogens is 540 g/mol. The lowest BCUT2D eigenvalue weighted by molar-refractivity contribution is -0.160. The van der Waals surface area contributed by atoms with Crippen molar-refractivity contribution in [2.24, 2.45) is 11.3 Å². The van der Waals surface area contributed by atoms with E-state index < -0.39 is 11.5 Å². The largest absolute Gasteiger partial charge is 0.488 e. The van der Waals surface area contributed by atoms with Crippen molar-refractivity contribution in [1.82, 2.24) is 5.32 Å².